The Kier molecular flexibility index (Phi) is 3.72. The van der Waals surface area contributed by atoms with Crippen LogP contribution >= 0.6 is 34.8 Å². The molecule has 0 spiro atoms. The summed E-state index contributed by atoms with van der Waals surface area (Å²) in [4.78, 5) is 10.8. The third-order valence-corrected chi connectivity index (χ3v) is 2.78. The molecule has 0 saturated heterocycles. The Hall–Kier alpha value is -1.03. The molecule has 17 heavy (non-hydrogen) atoms. The van der Waals surface area contributed by atoms with Crippen molar-refractivity contribution in [3.63, 3.8) is 0 Å². The Labute approximate surface area is 113 Å². The summed E-state index contributed by atoms with van der Waals surface area (Å²) in [5.74, 6) is 0. The Morgan fingerprint density at radius 2 is 2.12 bits per heavy atom. The zero-order chi connectivity index (χ0) is 12.4. The van der Waals surface area contributed by atoms with Crippen molar-refractivity contribution in [3.8, 4) is 5.69 Å². The first-order valence-corrected chi connectivity index (χ1v) is 5.87. The molecule has 0 unspecified atom stereocenters. The summed E-state index contributed by atoms with van der Waals surface area (Å²) in [7, 11) is 0. The number of carbonyl (C=O) groups is 1. The number of benzene rings is 1. The molecule has 0 atom stereocenters. The van der Waals surface area contributed by atoms with Gasteiger partial charge in [-0.05, 0) is 29.3 Å². The molecule has 0 fully saturated rings. The highest BCUT2D eigenvalue weighted by Crippen LogP contribution is 2.23. The number of carbonyl (C=O) groups excluding carboxylic acids is 1. The molecule has 1 heterocycles. The van der Waals surface area contributed by atoms with Gasteiger partial charge in [-0.1, -0.05) is 29.3 Å². The summed E-state index contributed by atoms with van der Waals surface area (Å²) >= 11 is 17.2. The van der Waals surface area contributed by atoms with Gasteiger partial charge in [0.15, 0.2) is 0 Å². The van der Waals surface area contributed by atoms with E-state index >= 15 is 0 Å². The van der Waals surface area contributed by atoms with E-state index in [1.807, 2.05) is 0 Å². The first kappa shape index (κ1) is 12.4. The minimum absolute atomic E-state index is 0.154. The minimum atomic E-state index is -0.420. The van der Waals surface area contributed by atoms with Gasteiger partial charge in [0.25, 0.3) is 0 Å². The zero-order valence-corrected chi connectivity index (χ0v) is 10.8. The van der Waals surface area contributed by atoms with E-state index in [4.69, 9.17) is 34.8 Å². The van der Waals surface area contributed by atoms with E-state index in [-0.39, 0.29) is 6.42 Å². The van der Waals surface area contributed by atoms with Crippen molar-refractivity contribution in [2.24, 2.45) is 0 Å². The molecule has 0 aliphatic heterocycles. The normalized spacial score (nSPS) is 10.5. The van der Waals surface area contributed by atoms with Crippen LogP contribution in [0.4, 0.5) is 0 Å². The standard InChI is InChI=1S/C11H7Cl3N2O/c12-8-5-15-16(6-8)10-2-1-7(3-9(10)13)4-11(14)17/h1-3,5-6H,4H2. The van der Waals surface area contributed by atoms with Crippen LogP contribution in [0, 0.1) is 0 Å². The molecule has 2 rings (SSSR count). The van der Waals surface area contributed by atoms with Gasteiger partial charge >= 0.3 is 0 Å². The average Bonchev–Trinajstić information content (AvgIpc) is 2.64. The van der Waals surface area contributed by atoms with Crippen LogP contribution in [-0.4, -0.2) is 15.0 Å². The van der Waals surface area contributed by atoms with E-state index in [2.05, 4.69) is 5.10 Å². The number of hydrogen-bond donors (Lipinski definition) is 0. The molecule has 88 valence electrons. The molecular formula is C11H7Cl3N2O. The summed E-state index contributed by atoms with van der Waals surface area (Å²) in [5.41, 5.74) is 1.46. The molecular weight excluding hydrogens is 282 g/mol. The number of hydrogen-bond acceptors (Lipinski definition) is 2. The van der Waals surface area contributed by atoms with E-state index in [0.29, 0.717) is 15.7 Å². The highest BCUT2D eigenvalue weighted by Gasteiger charge is 2.07. The van der Waals surface area contributed by atoms with Crippen molar-refractivity contribution in [2.75, 3.05) is 0 Å². The lowest BCUT2D eigenvalue weighted by Gasteiger charge is -2.05. The summed E-state index contributed by atoms with van der Waals surface area (Å²) in [5, 5.41) is 4.64. The van der Waals surface area contributed by atoms with Crippen LogP contribution in [0.3, 0.4) is 0 Å². The van der Waals surface area contributed by atoms with Gasteiger partial charge in [0.05, 0.1) is 21.9 Å². The Bertz CT molecular complexity index is 566. The molecule has 3 nitrogen and oxygen atoms in total. The second-order valence-electron chi connectivity index (χ2n) is 3.42. The molecule has 6 heteroatoms. The van der Waals surface area contributed by atoms with Gasteiger partial charge < -0.3 is 0 Å². The van der Waals surface area contributed by atoms with E-state index in [9.17, 15) is 4.79 Å². The fraction of sp³-hybridized carbons (Fsp3) is 0.0909. The third kappa shape index (κ3) is 3.00. The van der Waals surface area contributed by atoms with Crippen molar-refractivity contribution in [1.82, 2.24) is 9.78 Å². The fourth-order valence-corrected chi connectivity index (χ4v) is 2.02. The first-order chi connectivity index (χ1) is 8.06. The van der Waals surface area contributed by atoms with Crippen molar-refractivity contribution in [1.29, 1.82) is 0 Å². The van der Waals surface area contributed by atoms with E-state index in [1.165, 1.54) is 6.20 Å². The molecule has 0 N–H and O–H groups in total. The van der Waals surface area contributed by atoms with Crippen LogP contribution in [0.1, 0.15) is 5.56 Å². The van der Waals surface area contributed by atoms with Crippen LogP contribution < -0.4 is 0 Å². The lowest BCUT2D eigenvalue weighted by molar-refractivity contribution is -0.111. The van der Waals surface area contributed by atoms with Crippen molar-refractivity contribution in [3.05, 3.63) is 46.2 Å². The monoisotopic (exact) mass is 288 g/mol. The Morgan fingerprint density at radius 3 is 2.65 bits per heavy atom. The fourth-order valence-electron chi connectivity index (χ4n) is 1.44. The average molecular weight is 290 g/mol. The lowest BCUT2D eigenvalue weighted by Crippen LogP contribution is -1.98. The molecule has 0 bridgehead atoms. The maximum absolute atomic E-state index is 10.8. The number of rotatable bonds is 3. The molecule has 0 aliphatic rings. The van der Waals surface area contributed by atoms with Crippen molar-refractivity contribution >= 4 is 40.0 Å². The van der Waals surface area contributed by atoms with Gasteiger partial charge in [-0.15, -0.1) is 0 Å². The molecule has 0 saturated carbocycles. The Balaban J connectivity index is 2.34. The maximum atomic E-state index is 10.8. The van der Waals surface area contributed by atoms with Crippen LogP contribution in [0.25, 0.3) is 5.69 Å². The van der Waals surface area contributed by atoms with Gasteiger partial charge in [0.2, 0.25) is 5.24 Å². The predicted molar refractivity (Wildman–Crippen MR) is 68.1 cm³/mol. The largest absolute Gasteiger partial charge is 0.281 e. The van der Waals surface area contributed by atoms with E-state index in [0.717, 1.165) is 5.56 Å². The molecule has 1 aromatic carbocycles. The van der Waals surface area contributed by atoms with Crippen LogP contribution in [0.15, 0.2) is 30.6 Å². The quantitative estimate of drug-likeness (QED) is 0.811. The minimum Gasteiger partial charge on any atom is -0.281 e. The second-order valence-corrected chi connectivity index (χ2v) is 4.69. The van der Waals surface area contributed by atoms with E-state index < -0.39 is 5.24 Å². The number of nitrogens with zero attached hydrogens (tertiary/aromatic N) is 2. The Morgan fingerprint density at radius 1 is 1.35 bits per heavy atom. The zero-order valence-electron chi connectivity index (χ0n) is 8.53. The smallest absolute Gasteiger partial charge is 0.226 e. The number of aromatic nitrogens is 2. The van der Waals surface area contributed by atoms with Crippen molar-refractivity contribution in [2.45, 2.75) is 6.42 Å². The molecule has 1 aromatic heterocycles. The van der Waals surface area contributed by atoms with Gasteiger partial charge in [0, 0.05) is 12.6 Å². The van der Waals surface area contributed by atoms with Crippen LogP contribution in [0.2, 0.25) is 10.0 Å². The highest BCUT2D eigenvalue weighted by atomic mass is 35.5. The topological polar surface area (TPSA) is 34.9 Å². The SMILES string of the molecule is O=C(Cl)Cc1ccc(-n2cc(Cl)cn2)c(Cl)c1. The van der Waals surface area contributed by atoms with Crippen LogP contribution in [0.5, 0.6) is 0 Å². The third-order valence-electron chi connectivity index (χ3n) is 2.15. The molecule has 0 amide bonds. The van der Waals surface area contributed by atoms with Gasteiger partial charge in [-0.3, -0.25) is 4.79 Å². The van der Waals surface area contributed by atoms with Gasteiger partial charge in [-0.25, -0.2) is 4.68 Å². The predicted octanol–water partition coefficient (Wildman–Crippen LogP) is 3.49. The highest BCUT2D eigenvalue weighted by molar-refractivity contribution is 6.63. The summed E-state index contributed by atoms with van der Waals surface area (Å²) < 4.78 is 1.57. The molecule has 0 aliphatic carbocycles. The lowest BCUT2D eigenvalue weighted by atomic mass is 10.1. The van der Waals surface area contributed by atoms with Gasteiger partial charge in [0.1, 0.15) is 0 Å². The summed E-state index contributed by atoms with van der Waals surface area (Å²) in [6, 6.07) is 5.23. The second kappa shape index (κ2) is 5.08. The maximum Gasteiger partial charge on any atom is 0.226 e. The molecule has 0 radical (unpaired) electrons. The number of halogens is 3. The molecule has 2 aromatic rings. The first-order valence-electron chi connectivity index (χ1n) is 4.73. The summed E-state index contributed by atoms with van der Waals surface area (Å²) in [6.45, 7) is 0. The van der Waals surface area contributed by atoms with Crippen LogP contribution in [-0.2, 0) is 11.2 Å². The summed E-state index contributed by atoms with van der Waals surface area (Å²) in [6.07, 6.45) is 3.32. The van der Waals surface area contributed by atoms with Crippen molar-refractivity contribution < 1.29 is 4.79 Å². The van der Waals surface area contributed by atoms with E-state index in [1.54, 1.807) is 29.1 Å². The van der Waals surface area contributed by atoms with Gasteiger partial charge in [-0.2, -0.15) is 5.10 Å².